The van der Waals surface area contributed by atoms with Crippen LogP contribution in [-0.4, -0.2) is 19.1 Å². The third-order valence-electron chi connectivity index (χ3n) is 12.5. The first kappa shape index (κ1) is 35.6. The van der Waals surface area contributed by atoms with E-state index in [-0.39, 0.29) is 0 Å². The lowest BCUT2D eigenvalue weighted by atomic mass is 9.88. The van der Waals surface area contributed by atoms with E-state index >= 15 is 0 Å². The fourth-order valence-electron chi connectivity index (χ4n) is 9.81. The van der Waals surface area contributed by atoms with E-state index in [1.165, 1.54) is 42.8 Å². The smallest absolute Gasteiger partial charge is 0.160 e. The number of hydrogen-bond acceptors (Lipinski definition) is 3. The molecule has 5 heteroatoms. The van der Waals surface area contributed by atoms with Crippen molar-refractivity contribution in [1.82, 2.24) is 19.1 Å². The highest BCUT2D eigenvalue weighted by atomic mass is 32.1. The Morgan fingerprint density at radius 1 is 0.381 bits per heavy atom. The minimum absolute atomic E-state index is 0.711. The van der Waals surface area contributed by atoms with E-state index in [1.807, 2.05) is 6.07 Å². The highest BCUT2D eigenvalue weighted by molar-refractivity contribution is 7.26. The van der Waals surface area contributed by atoms with Crippen molar-refractivity contribution in [3.05, 3.63) is 218 Å². The Morgan fingerprint density at radius 3 is 1.59 bits per heavy atom. The minimum atomic E-state index is 0.711. The van der Waals surface area contributed by atoms with Crippen LogP contribution in [0.25, 0.3) is 120 Å². The molecule has 0 radical (unpaired) electrons. The number of fused-ring (bicyclic) bond motifs is 10. The van der Waals surface area contributed by atoms with Crippen molar-refractivity contribution in [3.8, 4) is 56.3 Å². The monoisotopic (exact) mass is 820 g/mol. The Morgan fingerprint density at radius 2 is 0.921 bits per heavy atom. The molecule has 9 aromatic carbocycles. The van der Waals surface area contributed by atoms with Gasteiger partial charge in [0.05, 0.1) is 38.0 Å². The largest absolute Gasteiger partial charge is 0.309 e. The molecule has 63 heavy (non-hydrogen) atoms. The van der Waals surface area contributed by atoms with Crippen molar-refractivity contribution in [1.29, 1.82) is 0 Å². The van der Waals surface area contributed by atoms with E-state index in [0.29, 0.717) is 5.82 Å². The Hall–Kier alpha value is -8.12. The van der Waals surface area contributed by atoms with Gasteiger partial charge < -0.3 is 9.13 Å². The van der Waals surface area contributed by atoms with Crippen LogP contribution < -0.4 is 0 Å². The number of benzene rings is 9. The minimum Gasteiger partial charge on any atom is -0.309 e. The second-order valence-corrected chi connectivity index (χ2v) is 17.1. The highest BCUT2D eigenvalue weighted by Gasteiger charge is 2.26. The van der Waals surface area contributed by atoms with Crippen molar-refractivity contribution in [2.24, 2.45) is 0 Å². The summed E-state index contributed by atoms with van der Waals surface area (Å²) in [4.78, 5) is 10.9. The second-order valence-electron chi connectivity index (χ2n) is 16.1. The lowest BCUT2D eigenvalue weighted by Gasteiger charge is -2.20. The zero-order valence-electron chi connectivity index (χ0n) is 34.0. The Bertz CT molecular complexity index is 3820. The van der Waals surface area contributed by atoms with Crippen LogP contribution in [0.1, 0.15) is 0 Å². The molecule has 0 unspecified atom stereocenters. The van der Waals surface area contributed by atoms with Gasteiger partial charge in [-0.1, -0.05) is 170 Å². The van der Waals surface area contributed by atoms with Gasteiger partial charge in [0, 0.05) is 54.1 Å². The molecule has 0 saturated carbocycles. The van der Waals surface area contributed by atoms with Crippen LogP contribution in [0.2, 0.25) is 0 Å². The zero-order valence-corrected chi connectivity index (χ0v) is 34.8. The quantitative estimate of drug-likeness (QED) is 0.167. The molecule has 4 nitrogen and oxygen atoms in total. The molecule has 0 saturated heterocycles. The first-order valence-corrected chi connectivity index (χ1v) is 22.2. The molecular weight excluding hydrogens is 785 g/mol. The van der Waals surface area contributed by atoms with E-state index in [1.54, 1.807) is 11.3 Å². The molecule has 13 rings (SSSR count). The third kappa shape index (κ3) is 5.53. The van der Waals surface area contributed by atoms with E-state index < -0.39 is 0 Å². The molecule has 0 N–H and O–H groups in total. The predicted molar refractivity (Wildman–Crippen MR) is 265 cm³/mol. The van der Waals surface area contributed by atoms with Gasteiger partial charge >= 0.3 is 0 Å². The van der Waals surface area contributed by atoms with E-state index in [4.69, 9.17) is 9.97 Å². The third-order valence-corrected chi connectivity index (χ3v) is 13.7. The van der Waals surface area contributed by atoms with Gasteiger partial charge in [-0.25, -0.2) is 9.97 Å². The molecule has 294 valence electrons. The summed E-state index contributed by atoms with van der Waals surface area (Å²) in [5, 5.41) is 6.02. The van der Waals surface area contributed by atoms with E-state index in [0.717, 1.165) is 71.6 Å². The summed E-state index contributed by atoms with van der Waals surface area (Å²) >= 11 is 1.77. The molecule has 0 spiro atoms. The number of rotatable bonds is 6. The Kier molecular flexibility index (Phi) is 8.05. The molecule has 0 bridgehead atoms. The Labute approximate surface area is 367 Å². The van der Waals surface area contributed by atoms with Gasteiger partial charge in [0.1, 0.15) is 0 Å². The second kappa shape index (κ2) is 14.2. The van der Waals surface area contributed by atoms with Gasteiger partial charge in [-0.3, -0.25) is 0 Å². The first-order valence-electron chi connectivity index (χ1n) is 21.3. The molecule has 13 aromatic rings. The average Bonchev–Trinajstić information content (AvgIpc) is 4.02. The molecule has 0 fully saturated rings. The summed E-state index contributed by atoms with van der Waals surface area (Å²) in [5.74, 6) is 0.711. The molecular formula is C58H36N4S. The van der Waals surface area contributed by atoms with E-state index in [9.17, 15) is 0 Å². The number of nitrogens with zero attached hydrogens (tertiary/aromatic N) is 4. The number of thiophene rings is 1. The van der Waals surface area contributed by atoms with Gasteiger partial charge in [0.25, 0.3) is 0 Å². The topological polar surface area (TPSA) is 35.6 Å². The molecule has 4 aromatic heterocycles. The van der Waals surface area contributed by atoms with E-state index in [2.05, 4.69) is 221 Å². The first-order chi connectivity index (χ1) is 31.3. The summed E-state index contributed by atoms with van der Waals surface area (Å²) in [5.41, 5.74) is 15.3. The summed E-state index contributed by atoms with van der Waals surface area (Å²) in [7, 11) is 0. The maximum Gasteiger partial charge on any atom is 0.160 e. The molecule has 0 aliphatic heterocycles. The fourth-order valence-corrected chi connectivity index (χ4v) is 10.9. The molecule has 0 atom stereocenters. The fraction of sp³-hybridized carbons (Fsp3) is 0. The van der Waals surface area contributed by atoms with Gasteiger partial charge in [0.2, 0.25) is 0 Å². The maximum atomic E-state index is 5.60. The lowest BCUT2D eigenvalue weighted by molar-refractivity contribution is 1.17. The van der Waals surface area contributed by atoms with Crippen LogP contribution in [0, 0.1) is 0 Å². The summed E-state index contributed by atoms with van der Waals surface area (Å²) in [6.07, 6.45) is 0. The summed E-state index contributed by atoms with van der Waals surface area (Å²) in [6.45, 7) is 0. The van der Waals surface area contributed by atoms with Crippen LogP contribution in [0.4, 0.5) is 0 Å². The van der Waals surface area contributed by atoms with Gasteiger partial charge in [-0.2, -0.15) is 0 Å². The van der Waals surface area contributed by atoms with Crippen LogP contribution in [0.15, 0.2) is 218 Å². The van der Waals surface area contributed by atoms with Crippen molar-refractivity contribution >= 4 is 75.3 Å². The van der Waals surface area contributed by atoms with Crippen molar-refractivity contribution in [2.45, 2.75) is 0 Å². The van der Waals surface area contributed by atoms with Crippen LogP contribution >= 0.6 is 11.3 Å². The standard InChI is InChI=1S/C58H36N4S/c1-5-19-37(20-6-1)46-35-41(62-48-30-16-13-27-42(48)43-33-34-50-53(56(43)62)44-28-14-17-31-49(44)61(50)40-25-11-4-12-26-40)36-47(38-21-7-2-8-22-38)52(46)55-57-54(45-29-15-18-32-51(45)63-57)59-58(60-55)39-23-9-3-10-24-39/h1-36H. The predicted octanol–water partition coefficient (Wildman–Crippen LogP) is 15.7. The molecule has 4 heterocycles. The van der Waals surface area contributed by atoms with Crippen molar-refractivity contribution in [2.75, 3.05) is 0 Å². The van der Waals surface area contributed by atoms with Gasteiger partial charge in [-0.15, -0.1) is 11.3 Å². The van der Waals surface area contributed by atoms with Crippen molar-refractivity contribution < 1.29 is 0 Å². The van der Waals surface area contributed by atoms with Crippen LogP contribution in [0.3, 0.4) is 0 Å². The highest BCUT2D eigenvalue weighted by Crippen LogP contribution is 2.49. The summed E-state index contributed by atoms with van der Waals surface area (Å²) < 4.78 is 7.19. The number of aromatic nitrogens is 4. The summed E-state index contributed by atoms with van der Waals surface area (Å²) in [6, 6.07) is 78.6. The van der Waals surface area contributed by atoms with Gasteiger partial charge in [-0.05, 0) is 70.8 Å². The normalized spacial score (nSPS) is 11.8. The maximum absolute atomic E-state index is 5.60. The number of para-hydroxylation sites is 3. The SMILES string of the molecule is c1ccc(-c2nc(-c3c(-c4ccccc4)cc(-n4c5ccccc5c5ccc6c(c7ccccc7n6-c6ccccc6)c54)cc3-c3ccccc3)c3sc4ccccc4c3n2)cc1. The lowest BCUT2D eigenvalue weighted by Crippen LogP contribution is -2.01. The molecule has 0 aliphatic carbocycles. The average molecular weight is 821 g/mol. The molecule has 0 amide bonds. The van der Waals surface area contributed by atoms with Crippen molar-refractivity contribution in [3.63, 3.8) is 0 Å². The van der Waals surface area contributed by atoms with Crippen LogP contribution in [-0.2, 0) is 0 Å². The zero-order chi connectivity index (χ0) is 41.4. The molecule has 0 aliphatic rings. The Balaban J connectivity index is 1.21. The number of hydrogen-bond donors (Lipinski definition) is 0. The van der Waals surface area contributed by atoms with Crippen LogP contribution in [0.5, 0.6) is 0 Å². The van der Waals surface area contributed by atoms with Gasteiger partial charge in [0.15, 0.2) is 5.82 Å².